The lowest BCUT2D eigenvalue weighted by Crippen LogP contribution is -2.51. The highest BCUT2D eigenvalue weighted by Gasteiger charge is 2.33. The van der Waals surface area contributed by atoms with Gasteiger partial charge in [0.15, 0.2) is 0 Å². The van der Waals surface area contributed by atoms with Gasteiger partial charge in [-0.25, -0.2) is 16.9 Å². The van der Waals surface area contributed by atoms with E-state index in [-0.39, 0.29) is 5.92 Å². The Kier molecular flexibility index (Phi) is 3.14. The van der Waals surface area contributed by atoms with Gasteiger partial charge in [0, 0.05) is 18.8 Å². The van der Waals surface area contributed by atoms with Crippen LogP contribution in [0.25, 0.3) is 0 Å². The summed E-state index contributed by atoms with van der Waals surface area (Å²) in [6.45, 7) is 0.911. The Bertz CT molecular complexity index is 283. The van der Waals surface area contributed by atoms with Gasteiger partial charge in [-0.2, -0.15) is 0 Å². The summed E-state index contributed by atoms with van der Waals surface area (Å²) in [7, 11) is 0.873. The van der Waals surface area contributed by atoms with Gasteiger partial charge in [-0.3, -0.25) is 0 Å². The van der Waals surface area contributed by atoms with Crippen LogP contribution >= 0.6 is 10.7 Å². The van der Waals surface area contributed by atoms with Crippen LogP contribution in [0.5, 0.6) is 0 Å². The average Bonchev–Trinajstić information content (AvgIpc) is 1.73. The van der Waals surface area contributed by atoms with Gasteiger partial charge in [0.05, 0.1) is 6.26 Å². The Hall–Kier alpha value is 0.350. The first-order valence-electron chi connectivity index (χ1n) is 3.39. The largest absolute Gasteiger partial charge is 0.243 e. The number of hydrogen-bond donors (Lipinski definition) is 0. The lowest BCUT2D eigenvalue weighted by atomic mass is 10.1. The van der Waals surface area contributed by atoms with Crippen LogP contribution in [-0.4, -0.2) is 42.0 Å². The Morgan fingerprint density at radius 3 is 2.42 bits per heavy atom. The van der Waals surface area contributed by atoms with Crippen LogP contribution in [0, 0.1) is 5.92 Å². The van der Waals surface area contributed by atoms with Crippen molar-refractivity contribution < 1.29 is 12.6 Å². The fourth-order valence-corrected chi connectivity index (χ4v) is 3.16. The summed E-state index contributed by atoms with van der Waals surface area (Å²) in [4.78, 5) is 0. The minimum atomic E-state index is -3.04. The molecule has 1 aliphatic heterocycles. The molecule has 1 unspecified atom stereocenters. The van der Waals surface area contributed by atoms with E-state index in [9.17, 15) is 12.6 Å². The van der Waals surface area contributed by atoms with Crippen molar-refractivity contribution in [3.8, 4) is 0 Å². The second kappa shape index (κ2) is 3.61. The zero-order valence-corrected chi connectivity index (χ0v) is 8.95. The minimum absolute atomic E-state index is 0.165. The van der Waals surface area contributed by atoms with Crippen molar-refractivity contribution >= 4 is 30.7 Å². The Balaban J connectivity index is 2.34. The Morgan fingerprint density at radius 2 is 2.08 bits per heavy atom. The van der Waals surface area contributed by atoms with Gasteiger partial charge in [0.2, 0.25) is 10.0 Å². The van der Waals surface area contributed by atoms with Crippen LogP contribution in [0.3, 0.4) is 0 Å². The highest BCUT2D eigenvalue weighted by Crippen LogP contribution is 2.19. The Labute approximate surface area is 78.9 Å². The summed E-state index contributed by atoms with van der Waals surface area (Å²) in [5.41, 5.74) is 0. The standard InChI is InChI=1S/C5H10ClNO3S2/c1-12(9,10)7-2-5(3-7)4-11(6)8/h5H,2-4H2,1H3. The molecular weight excluding hydrogens is 222 g/mol. The second-order valence-electron chi connectivity index (χ2n) is 2.90. The van der Waals surface area contributed by atoms with E-state index in [1.54, 1.807) is 0 Å². The highest BCUT2D eigenvalue weighted by atomic mass is 35.7. The van der Waals surface area contributed by atoms with Crippen molar-refractivity contribution in [2.24, 2.45) is 5.92 Å². The summed E-state index contributed by atoms with van der Waals surface area (Å²) in [5, 5.41) is 0. The summed E-state index contributed by atoms with van der Waals surface area (Å²) in [6, 6.07) is 0. The van der Waals surface area contributed by atoms with Crippen LogP contribution in [0.4, 0.5) is 0 Å². The molecule has 1 heterocycles. The van der Waals surface area contributed by atoms with Gasteiger partial charge in [0.25, 0.3) is 0 Å². The molecule has 0 aromatic heterocycles. The fourth-order valence-electron chi connectivity index (χ4n) is 1.08. The van der Waals surface area contributed by atoms with Crippen molar-refractivity contribution in [2.75, 3.05) is 25.1 Å². The molecule has 1 rings (SSSR count). The summed E-state index contributed by atoms with van der Waals surface area (Å²) < 4.78 is 33.6. The van der Waals surface area contributed by atoms with Crippen LogP contribution in [-0.2, 0) is 20.0 Å². The van der Waals surface area contributed by atoms with Crippen molar-refractivity contribution in [3.05, 3.63) is 0 Å². The molecule has 1 saturated heterocycles. The molecule has 0 saturated carbocycles. The third-order valence-corrected chi connectivity index (χ3v) is 4.11. The molecule has 1 aliphatic rings. The lowest BCUT2D eigenvalue weighted by molar-refractivity contribution is 0.223. The molecular formula is C5H10ClNO3S2. The molecule has 0 bridgehead atoms. The molecule has 12 heavy (non-hydrogen) atoms. The SMILES string of the molecule is CS(=O)(=O)N1CC(CS(=O)Cl)C1. The molecule has 0 spiro atoms. The summed E-state index contributed by atoms with van der Waals surface area (Å²) in [5.74, 6) is 0.547. The summed E-state index contributed by atoms with van der Waals surface area (Å²) >= 11 is 0. The number of sulfonamides is 1. The van der Waals surface area contributed by atoms with Gasteiger partial charge < -0.3 is 0 Å². The number of rotatable bonds is 3. The van der Waals surface area contributed by atoms with Gasteiger partial charge in [-0.1, -0.05) is 0 Å². The zero-order chi connectivity index (χ0) is 9.35. The van der Waals surface area contributed by atoms with Crippen molar-refractivity contribution in [1.29, 1.82) is 0 Å². The van der Waals surface area contributed by atoms with E-state index in [1.807, 2.05) is 0 Å². The van der Waals surface area contributed by atoms with Crippen LogP contribution in [0.1, 0.15) is 0 Å². The van der Waals surface area contributed by atoms with E-state index in [0.717, 1.165) is 0 Å². The molecule has 7 heteroatoms. The van der Waals surface area contributed by atoms with Crippen LogP contribution in [0.2, 0.25) is 0 Å². The summed E-state index contributed by atoms with van der Waals surface area (Å²) in [6.07, 6.45) is 1.17. The molecule has 0 aromatic carbocycles. The van der Waals surface area contributed by atoms with Gasteiger partial charge in [-0.05, 0) is 16.6 Å². The topological polar surface area (TPSA) is 54.5 Å². The zero-order valence-electron chi connectivity index (χ0n) is 6.57. The predicted octanol–water partition coefficient (Wildman–Crippen LogP) is -0.220. The van der Waals surface area contributed by atoms with E-state index in [0.29, 0.717) is 18.8 Å². The van der Waals surface area contributed by atoms with E-state index >= 15 is 0 Å². The molecule has 1 atom stereocenters. The molecule has 72 valence electrons. The number of nitrogens with zero attached hydrogens (tertiary/aromatic N) is 1. The number of hydrogen-bond acceptors (Lipinski definition) is 3. The van der Waals surface area contributed by atoms with Crippen molar-refractivity contribution in [3.63, 3.8) is 0 Å². The van der Waals surface area contributed by atoms with E-state index in [4.69, 9.17) is 10.7 Å². The van der Waals surface area contributed by atoms with E-state index < -0.39 is 20.0 Å². The molecule has 1 fully saturated rings. The van der Waals surface area contributed by atoms with Gasteiger partial charge in [-0.15, -0.1) is 0 Å². The van der Waals surface area contributed by atoms with Gasteiger partial charge in [0.1, 0.15) is 10.0 Å². The first kappa shape index (κ1) is 10.4. The van der Waals surface area contributed by atoms with Crippen molar-refractivity contribution in [1.82, 2.24) is 4.31 Å². The molecule has 4 nitrogen and oxygen atoms in total. The third kappa shape index (κ3) is 2.69. The Morgan fingerprint density at radius 1 is 1.58 bits per heavy atom. The fraction of sp³-hybridized carbons (Fsp3) is 1.00. The highest BCUT2D eigenvalue weighted by molar-refractivity contribution is 8.08. The monoisotopic (exact) mass is 231 g/mol. The number of halogens is 1. The lowest BCUT2D eigenvalue weighted by Gasteiger charge is -2.36. The molecule has 0 radical (unpaired) electrons. The quantitative estimate of drug-likeness (QED) is 0.632. The van der Waals surface area contributed by atoms with Gasteiger partial charge >= 0.3 is 0 Å². The normalized spacial score (nSPS) is 23.5. The second-order valence-corrected chi connectivity index (χ2v) is 6.83. The first-order chi connectivity index (χ1) is 5.39. The average molecular weight is 232 g/mol. The van der Waals surface area contributed by atoms with Crippen molar-refractivity contribution in [2.45, 2.75) is 0 Å². The van der Waals surface area contributed by atoms with E-state index in [1.165, 1.54) is 10.6 Å². The molecule has 0 amide bonds. The van der Waals surface area contributed by atoms with Crippen LogP contribution in [0.15, 0.2) is 0 Å². The molecule has 0 aliphatic carbocycles. The predicted molar refractivity (Wildman–Crippen MR) is 48.8 cm³/mol. The maximum atomic E-state index is 10.9. The maximum absolute atomic E-state index is 10.9. The third-order valence-electron chi connectivity index (χ3n) is 1.76. The minimum Gasteiger partial charge on any atom is -0.243 e. The molecule has 0 aromatic rings. The van der Waals surface area contributed by atoms with E-state index in [2.05, 4.69) is 0 Å². The smallest absolute Gasteiger partial charge is 0.211 e. The maximum Gasteiger partial charge on any atom is 0.211 e. The van der Waals surface area contributed by atoms with Crippen LogP contribution < -0.4 is 0 Å². The molecule has 0 N–H and O–H groups in total. The first-order valence-corrected chi connectivity index (χ1v) is 7.38.